The summed E-state index contributed by atoms with van der Waals surface area (Å²) in [6.07, 6.45) is -2.78. The van der Waals surface area contributed by atoms with Gasteiger partial charge in [-0.2, -0.15) is 13.2 Å². The third-order valence-electron chi connectivity index (χ3n) is 7.18. The summed E-state index contributed by atoms with van der Waals surface area (Å²) < 4.78 is 39.1. The molecule has 218 valence electrons. The SMILES string of the molecule is CC(C)C(c1cccc(NC2=CC(=O)N(C3CCC(=O)NC3=O)C2=O)c1)N(C)CCc1ccc(C(F)(F)F)c(Cl)c1. The lowest BCUT2D eigenvalue weighted by molar-refractivity contribution is -0.149. The lowest BCUT2D eigenvalue weighted by Gasteiger charge is -2.32. The molecule has 0 radical (unpaired) electrons. The molecule has 2 aromatic rings. The summed E-state index contributed by atoms with van der Waals surface area (Å²) in [4.78, 5) is 52.3. The Morgan fingerprint density at radius 3 is 2.49 bits per heavy atom. The van der Waals surface area contributed by atoms with E-state index >= 15 is 0 Å². The second kappa shape index (κ2) is 12.0. The molecular formula is C29H30ClF3N4O4. The molecule has 4 amide bonds. The highest BCUT2D eigenvalue weighted by Crippen LogP contribution is 2.35. The van der Waals surface area contributed by atoms with Crippen molar-refractivity contribution in [2.24, 2.45) is 5.92 Å². The molecule has 1 saturated heterocycles. The largest absolute Gasteiger partial charge is 0.417 e. The van der Waals surface area contributed by atoms with Gasteiger partial charge in [0.05, 0.1) is 10.6 Å². The van der Waals surface area contributed by atoms with Gasteiger partial charge in [0.1, 0.15) is 11.7 Å². The van der Waals surface area contributed by atoms with E-state index in [1.807, 2.05) is 25.2 Å². The number of hydrogen-bond donors (Lipinski definition) is 2. The van der Waals surface area contributed by atoms with Crippen molar-refractivity contribution in [2.75, 3.05) is 18.9 Å². The normalized spacial score (nSPS) is 18.7. The van der Waals surface area contributed by atoms with Crippen LogP contribution in [0.3, 0.4) is 0 Å². The number of rotatable bonds is 9. The maximum atomic E-state index is 13.0. The summed E-state index contributed by atoms with van der Waals surface area (Å²) >= 11 is 5.88. The van der Waals surface area contributed by atoms with Crippen molar-refractivity contribution in [2.45, 2.75) is 51.4 Å². The van der Waals surface area contributed by atoms with E-state index in [2.05, 4.69) is 29.4 Å². The molecule has 0 aliphatic carbocycles. The number of hydrogen-bond acceptors (Lipinski definition) is 6. The molecule has 4 rings (SSSR count). The Labute approximate surface area is 240 Å². The Balaban J connectivity index is 1.45. The molecule has 2 N–H and O–H groups in total. The van der Waals surface area contributed by atoms with E-state index in [4.69, 9.17) is 11.6 Å². The molecule has 12 heteroatoms. The minimum Gasteiger partial charge on any atom is -0.351 e. The van der Waals surface area contributed by atoms with Crippen molar-refractivity contribution < 1.29 is 32.3 Å². The van der Waals surface area contributed by atoms with Crippen LogP contribution in [0.4, 0.5) is 18.9 Å². The van der Waals surface area contributed by atoms with E-state index in [1.54, 1.807) is 6.07 Å². The van der Waals surface area contributed by atoms with Crippen LogP contribution < -0.4 is 10.6 Å². The zero-order chi connectivity index (χ0) is 30.1. The molecule has 41 heavy (non-hydrogen) atoms. The molecule has 0 bridgehead atoms. The molecule has 0 spiro atoms. The predicted octanol–water partition coefficient (Wildman–Crippen LogP) is 4.70. The lowest BCUT2D eigenvalue weighted by Crippen LogP contribution is -2.54. The van der Waals surface area contributed by atoms with Crippen LogP contribution >= 0.6 is 11.6 Å². The van der Waals surface area contributed by atoms with Gasteiger partial charge in [0.15, 0.2) is 0 Å². The van der Waals surface area contributed by atoms with Gasteiger partial charge in [-0.3, -0.25) is 34.3 Å². The van der Waals surface area contributed by atoms with Gasteiger partial charge in [0.25, 0.3) is 11.8 Å². The summed E-state index contributed by atoms with van der Waals surface area (Å²) in [5.41, 5.74) is 1.33. The van der Waals surface area contributed by atoms with Gasteiger partial charge in [-0.25, -0.2) is 0 Å². The van der Waals surface area contributed by atoms with Crippen molar-refractivity contribution in [1.82, 2.24) is 15.1 Å². The van der Waals surface area contributed by atoms with Crippen molar-refractivity contribution in [1.29, 1.82) is 0 Å². The van der Waals surface area contributed by atoms with Crippen molar-refractivity contribution in [3.05, 3.63) is 76.0 Å². The van der Waals surface area contributed by atoms with Crippen molar-refractivity contribution >= 4 is 40.9 Å². The fraction of sp³-hybridized carbons (Fsp3) is 0.379. The summed E-state index contributed by atoms with van der Waals surface area (Å²) in [5, 5.41) is 4.82. The number of nitrogens with one attached hydrogen (secondary N) is 2. The summed E-state index contributed by atoms with van der Waals surface area (Å²) in [6, 6.07) is 10.0. The number of anilines is 1. The third kappa shape index (κ3) is 6.79. The molecule has 2 aliphatic rings. The first-order valence-electron chi connectivity index (χ1n) is 13.1. The van der Waals surface area contributed by atoms with Crippen LogP contribution in [-0.4, -0.2) is 53.1 Å². The molecule has 1 fully saturated rings. The molecule has 8 nitrogen and oxygen atoms in total. The zero-order valence-corrected chi connectivity index (χ0v) is 23.5. The number of likely N-dealkylation sites (N-methyl/N-ethyl adjacent to an activating group) is 1. The number of imide groups is 2. The van der Waals surface area contributed by atoms with E-state index in [0.29, 0.717) is 24.2 Å². The second-order valence-electron chi connectivity index (χ2n) is 10.5. The van der Waals surface area contributed by atoms with E-state index in [1.165, 1.54) is 12.1 Å². The smallest absolute Gasteiger partial charge is 0.351 e. The monoisotopic (exact) mass is 590 g/mol. The molecule has 2 aliphatic heterocycles. The number of amides is 4. The Morgan fingerprint density at radius 1 is 1.12 bits per heavy atom. The molecule has 2 aromatic carbocycles. The quantitative estimate of drug-likeness (QED) is 0.411. The zero-order valence-electron chi connectivity index (χ0n) is 22.7. The van der Waals surface area contributed by atoms with Crippen LogP contribution in [0.2, 0.25) is 5.02 Å². The molecule has 0 aromatic heterocycles. The lowest BCUT2D eigenvalue weighted by atomic mass is 9.94. The Hall–Kier alpha value is -3.70. The second-order valence-corrected chi connectivity index (χ2v) is 10.9. The molecule has 0 saturated carbocycles. The Bertz CT molecular complexity index is 1410. The highest BCUT2D eigenvalue weighted by Gasteiger charge is 2.42. The molecule has 2 unspecified atom stereocenters. The molecule has 2 heterocycles. The van der Waals surface area contributed by atoms with E-state index in [-0.39, 0.29) is 35.5 Å². The summed E-state index contributed by atoms with van der Waals surface area (Å²) in [5.74, 6) is -2.25. The van der Waals surface area contributed by atoms with Crippen LogP contribution in [-0.2, 0) is 31.8 Å². The fourth-order valence-electron chi connectivity index (χ4n) is 5.29. The number of carbonyl (C=O) groups excluding carboxylic acids is 4. The average molecular weight is 591 g/mol. The Morgan fingerprint density at radius 2 is 1.85 bits per heavy atom. The van der Waals surface area contributed by atoms with Gasteiger partial charge in [-0.05, 0) is 61.2 Å². The van der Waals surface area contributed by atoms with E-state index < -0.39 is 41.4 Å². The van der Waals surface area contributed by atoms with Crippen LogP contribution in [0.5, 0.6) is 0 Å². The number of benzene rings is 2. The van der Waals surface area contributed by atoms with Crippen LogP contribution in [0.1, 0.15) is 49.4 Å². The van der Waals surface area contributed by atoms with Gasteiger partial charge in [0.2, 0.25) is 11.8 Å². The minimum absolute atomic E-state index is 0.0190. The van der Waals surface area contributed by atoms with Gasteiger partial charge in [0, 0.05) is 30.8 Å². The number of halogens is 4. The molecule has 2 atom stereocenters. The fourth-order valence-corrected chi connectivity index (χ4v) is 5.60. The maximum Gasteiger partial charge on any atom is 0.417 e. The van der Waals surface area contributed by atoms with Crippen LogP contribution in [0, 0.1) is 5.92 Å². The highest BCUT2D eigenvalue weighted by molar-refractivity contribution is 6.31. The summed E-state index contributed by atoms with van der Waals surface area (Å²) in [6.45, 7) is 4.65. The first kappa shape index (κ1) is 30.3. The maximum absolute atomic E-state index is 13.0. The predicted molar refractivity (Wildman–Crippen MR) is 147 cm³/mol. The van der Waals surface area contributed by atoms with Crippen LogP contribution in [0.15, 0.2) is 54.2 Å². The Kier molecular flexibility index (Phi) is 8.89. The standard InChI is InChI=1S/C29H30ClF3N4O4/c1-16(2)26(36(3)12-11-17-7-8-20(21(30)13-17)29(31,32)33)18-5-4-6-19(14-18)34-22-15-25(39)37(28(22)41)23-9-10-24(38)35-27(23)40/h4-8,13-16,23,26,34H,9-12H2,1-3H3,(H,35,38,40). The van der Waals surface area contributed by atoms with Crippen LogP contribution in [0.25, 0.3) is 0 Å². The third-order valence-corrected chi connectivity index (χ3v) is 7.49. The van der Waals surface area contributed by atoms with E-state index in [9.17, 15) is 32.3 Å². The van der Waals surface area contributed by atoms with Crippen molar-refractivity contribution in [3.8, 4) is 0 Å². The molecular weight excluding hydrogens is 561 g/mol. The van der Waals surface area contributed by atoms with E-state index in [0.717, 1.165) is 22.6 Å². The first-order chi connectivity index (χ1) is 19.3. The number of nitrogens with zero attached hydrogens (tertiary/aromatic N) is 2. The topological polar surface area (TPSA) is 98.8 Å². The first-order valence-corrected chi connectivity index (χ1v) is 13.5. The van der Waals surface area contributed by atoms with Gasteiger partial charge < -0.3 is 5.32 Å². The minimum atomic E-state index is -4.51. The van der Waals surface area contributed by atoms with Gasteiger partial charge >= 0.3 is 6.18 Å². The average Bonchev–Trinajstić information content (AvgIpc) is 3.14. The number of piperidine rings is 1. The van der Waals surface area contributed by atoms with Crippen molar-refractivity contribution in [3.63, 3.8) is 0 Å². The van der Waals surface area contributed by atoms with Gasteiger partial charge in [-0.15, -0.1) is 0 Å². The number of carbonyl (C=O) groups is 4. The van der Waals surface area contributed by atoms with Gasteiger partial charge in [-0.1, -0.05) is 43.6 Å². The number of alkyl halides is 3. The summed E-state index contributed by atoms with van der Waals surface area (Å²) in [7, 11) is 1.93. The highest BCUT2D eigenvalue weighted by atomic mass is 35.5.